The van der Waals surface area contributed by atoms with Crippen molar-refractivity contribution >= 4 is 41.0 Å². The number of rotatable bonds is 6. The van der Waals surface area contributed by atoms with Crippen molar-refractivity contribution in [3.05, 3.63) is 113 Å². The first-order valence-electron chi connectivity index (χ1n) is 12.5. The van der Waals surface area contributed by atoms with Crippen molar-refractivity contribution in [2.24, 2.45) is 4.99 Å². The van der Waals surface area contributed by atoms with E-state index in [1.807, 2.05) is 6.92 Å². The summed E-state index contributed by atoms with van der Waals surface area (Å²) in [5.74, 6) is -0.550. The van der Waals surface area contributed by atoms with Gasteiger partial charge in [-0.1, -0.05) is 41.1 Å². The third kappa shape index (κ3) is 5.17. The second-order valence-electron chi connectivity index (χ2n) is 9.62. The lowest BCUT2D eigenvalue weighted by molar-refractivity contribution is -0.143. The van der Waals surface area contributed by atoms with Crippen molar-refractivity contribution in [3.63, 3.8) is 0 Å². The molecule has 204 valence electrons. The van der Waals surface area contributed by atoms with Gasteiger partial charge in [0.1, 0.15) is 11.5 Å². The monoisotopic (exact) mass is 576 g/mol. The van der Waals surface area contributed by atoms with E-state index in [4.69, 9.17) is 20.8 Å². The standard InChI is InChI=1S/C30H25ClN2O6S/c1-15(2)38-29(37)25-17(4)32-30-33(26(25)18-5-8-20(31)9-6-18)27(34)24(40-30)14-21-10-12-23(39-21)22-11-7-19(28(35)36)13-16(22)3/h5-15,26H,1-4H3,(H,35,36)/b24-14-/t26-/m0/s1. The summed E-state index contributed by atoms with van der Waals surface area (Å²) in [5.41, 5.74) is 2.82. The number of benzene rings is 2. The van der Waals surface area contributed by atoms with Crippen molar-refractivity contribution in [3.8, 4) is 11.3 Å². The Morgan fingerprint density at radius 2 is 1.85 bits per heavy atom. The normalized spacial score (nSPS) is 15.2. The average Bonchev–Trinajstić information content (AvgIpc) is 3.47. The summed E-state index contributed by atoms with van der Waals surface area (Å²) >= 11 is 7.31. The molecule has 0 saturated heterocycles. The molecule has 0 unspecified atom stereocenters. The fourth-order valence-electron chi connectivity index (χ4n) is 4.60. The number of hydrogen-bond donors (Lipinski definition) is 1. The van der Waals surface area contributed by atoms with Crippen LogP contribution >= 0.6 is 22.9 Å². The lowest BCUT2D eigenvalue weighted by Gasteiger charge is -2.25. The van der Waals surface area contributed by atoms with Gasteiger partial charge in [0.2, 0.25) is 0 Å². The zero-order chi connectivity index (χ0) is 28.7. The summed E-state index contributed by atoms with van der Waals surface area (Å²) in [5, 5.41) is 9.77. The number of aromatic nitrogens is 1. The highest BCUT2D eigenvalue weighted by Crippen LogP contribution is 2.32. The number of carboxylic acids is 1. The molecule has 0 amide bonds. The highest BCUT2D eigenvalue weighted by atomic mass is 35.5. The molecule has 0 radical (unpaired) electrons. The van der Waals surface area contributed by atoms with Crippen LogP contribution < -0.4 is 14.9 Å². The minimum atomic E-state index is -1.00. The van der Waals surface area contributed by atoms with Gasteiger partial charge in [0.05, 0.1) is 33.5 Å². The highest BCUT2D eigenvalue weighted by Gasteiger charge is 2.33. The zero-order valence-corrected chi connectivity index (χ0v) is 23.7. The SMILES string of the molecule is CC1=C(C(=O)OC(C)C)[C@H](c2ccc(Cl)cc2)n2c(s/c(=C\c3ccc(-c4ccc(C(=O)O)cc4C)o3)c2=O)=N1. The number of aryl methyl sites for hydroxylation is 1. The van der Waals surface area contributed by atoms with Crippen LogP contribution in [0.1, 0.15) is 54.1 Å². The van der Waals surface area contributed by atoms with Gasteiger partial charge in [-0.25, -0.2) is 14.6 Å². The Hall–Kier alpha value is -4.21. The van der Waals surface area contributed by atoms with E-state index in [2.05, 4.69) is 4.99 Å². The van der Waals surface area contributed by atoms with Crippen LogP contribution in [0.25, 0.3) is 17.4 Å². The third-order valence-electron chi connectivity index (χ3n) is 6.41. The number of ether oxygens (including phenoxy) is 1. The molecule has 3 heterocycles. The minimum Gasteiger partial charge on any atom is -0.478 e. The molecule has 10 heteroatoms. The van der Waals surface area contributed by atoms with E-state index in [1.165, 1.54) is 22.0 Å². The van der Waals surface area contributed by atoms with Gasteiger partial charge in [-0.2, -0.15) is 0 Å². The fraction of sp³-hybridized carbons (Fsp3) is 0.200. The summed E-state index contributed by atoms with van der Waals surface area (Å²) in [6, 6.07) is 14.5. The quantitative estimate of drug-likeness (QED) is 0.319. The molecule has 2 aromatic carbocycles. The predicted molar refractivity (Wildman–Crippen MR) is 152 cm³/mol. The second kappa shape index (κ2) is 10.7. The number of halogens is 1. The summed E-state index contributed by atoms with van der Waals surface area (Å²) < 4.78 is 13.4. The number of nitrogens with zero attached hydrogens (tertiary/aromatic N) is 2. The number of allylic oxidation sites excluding steroid dienone is 1. The zero-order valence-electron chi connectivity index (χ0n) is 22.1. The van der Waals surface area contributed by atoms with E-state index in [9.17, 15) is 19.5 Å². The van der Waals surface area contributed by atoms with Gasteiger partial charge in [0.15, 0.2) is 4.80 Å². The summed E-state index contributed by atoms with van der Waals surface area (Å²) in [6.07, 6.45) is 1.29. The van der Waals surface area contributed by atoms with Crippen molar-refractivity contribution in [1.82, 2.24) is 4.57 Å². The molecule has 40 heavy (non-hydrogen) atoms. The second-order valence-corrected chi connectivity index (χ2v) is 11.1. The maximum atomic E-state index is 13.8. The maximum Gasteiger partial charge on any atom is 0.338 e. The number of carboxylic acid groups (broad SMARTS) is 1. The first-order valence-corrected chi connectivity index (χ1v) is 13.7. The number of carbonyl (C=O) groups is 2. The van der Waals surface area contributed by atoms with Gasteiger partial charge < -0.3 is 14.3 Å². The molecule has 1 aliphatic heterocycles. The highest BCUT2D eigenvalue weighted by molar-refractivity contribution is 7.07. The topological polar surface area (TPSA) is 111 Å². The molecule has 0 fully saturated rings. The van der Waals surface area contributed by atoms with Crippen LogP contribution in [0.15, 0.2) is 80.1 Å². The molecule has 1 aliphatic rings. The molecule has 0 spiro atoms. The number of thiazole rings is 1. The Morgan fingerprint density at radius 1 is 1.12 bits per heavy atom. The summed E-state index contributed by atoms with van der Waals surface area (Å²) in [4.78, 5) is 43.3. The minimum absolute atomic E-state index is 0.191. The summed E-state index contributed by atoms with van der Waals surface area (Å²) in [6.45, 7) is 7.07. The van der Waals surface area contributed by atoms with Gasteiger partial charge in [-0.15, -0.1) is 0 Å². The molecule has 2 aromatic heterocycles. The molecule has 0 saturated carbocycles. The average molecular weight is 577 g/mol. The first-order chi connectivity index (χ1) is 19.0. The van der Waals surface area contributed by atoms with Gasteiger partial charge in [-0.05, 0) is 75.2 Å². The number of fused-ring (bicyclic) bond motifs is 1. The van der Waals surface area contributed by atoms with Gasteiger partial charge in [0.25, 0.3) is 5.56 Å². The van der Waals surface area contributed by atoms with Crippen LogP contribution in [0.2, 0.25) is 5.02 Å². The van der Waals surface area contributed by atoms with E-state index in [0.29, 0.717) is 37.1 Å². The smallest absolute Gasteiger partial charge is 0.338 e. The van der Waals surface area contributed by atoms with E-state index in [-0.39, 0.29) is 22.8 Å². The Balaban J connectivity index is 1.60. The lowest BCUT2D eigenvalue weighted by Crippen LogP contribution is -2.40. The fourth-order valence-corrected chi connectivity index (χ4v) is 5.75. The summed E-state index contributed by atoms with van der Waals surface area (Å²) in [7, 11) is 0. The van der Waals surface area contributed by atoms with Gasteiger partial charge >= 0.3 is 11.9 Å². The number of carbonyl (C=O) groups excluding carboxylic acids is 1. The maximum absolute atomic E-state index is 13.8. The van der Waals surface area contributed by atoms with Crippen molar-refractivity contribution in [2.45, 2.75) is 39.8 Å². The van der Waals surface area contributed by atoms with Crippen LogP contribution in [0.4, 0.5) is 0 Å². The van der Waals surface area contributed by atoms with Gasteiger partial charge in [-0.3, -0.25) is 9.36 Å². The molecule has 8 nitrogen and oxygen atoms in total. The molecular weight excluding hydrogens is 552 g/mol. The molecule has 0 aliphatic carbocycles. The van der Waals surface area contributed by atoms with E-state index < -0.39 is 18.0 Å². The largest absolute Gasteiger partial charge is 0.478 e. The Labute approximate surface area is 238 Å². The number of hydrogen-bond acceptors (Lipinski definition) is 7. The molecule has 0 bridgehead atoms. The first kappa shape index (κ1) is 27.4. The Kier molecular flexibility index (Phi) is 7.35. The Bertz CT molecular complexity index is 1860. The van der Waals surface area contributed by atoms with Crippen LogP contribution in [0, 0.1) is 6.92 Å². The van der Waals surface area contributed by atoms with Crippen LogP contribution in [-0.2, 0) is 9.53 Å². The van der Waals surface area contributed by atoms with E-state index in [0.717, 1.165) is 11.1 Å². The van der Waals surface area contributed by atoms with Crippen molar-refractivity contribution in [2.75, 3.05) is 0 Å². The number of furan rings is 1. The Morgan fingerprint density at radius 3 is 2.50 bits per heavy atom. The van der Waals surface area contributed by atoms with Gasteiger partial charge in [0, 0.05) is 16.7 Å². The van der Waals surface area contributed by atoms with Crippen LogP contribution in [-0.4, -0.2) is 27.7 Å². The van der Waals surface area contributed by atoms with Crippen LogP contribution in [0.5, 0.6) is 0 Å². The molecule has 4 aromatic rings. The van der Waals surface area contributed by atoms with Crippen molar-refractivity contribution < 1.29 is 23.8 Å². The molecule has 1 N–H and O–H groups in total. The number of esters is 1. The van der Waals surface area contributed by atoms with E-state index >= 15 is 0 Å². The molecule has 1 atom stereocenters. The predicted octanol–water partition coefficient (Wildman–Crippen LogP) is 5.11. The lowest BCUT2D eigenvalue weighted by atomic mass is 9.96. The van der Waals surface area contributed by atoms with Crippen molar-refractivity contribution in [1.29, 1.82) is 0 Å². The molecular formula is C30H25ClN2O6S. The van der Waals surface area contributed by atoms with Crippen LogP contribution in [0.3, 0.4) is 0 Å². The van der Waals surface area contributed by atoms with E-state index in [1.54, 1.807) is 75.4 Å². The molecule has 5 rings (SSSR count). The third-order valence-corrected chi connectivity index (χ3v) is 7.64. The number of aromatic carboxylic acids is 1.